The van der Waals surface area contributed by atoms with Gasteiger partial charge in [-0.05, 0) is 42.0 Å². The van der Waals surface area contributed by atoms with Crippen molar-refractivity contribution in [1.82, 2.24) is 4.57 Å². The second-order valence-corrected chi connectivity index (χ2v) is 6.16. The van der Waals surface area contributed by atoms with Crippen LogP contribution in [-0.2, 0) is 6.42 Å². The summed E-state index contributed by atoms with van der Waals surface area (Å²) in [6.07, 6.45) is 6.84. The maximum absolute atomic E-state index is 2.43. The minimum atomic E-state index is 1.13. The van der Waals surface area contributed by atoms with Crippen LogP contribution in [0.5, 0.6) is 0 Å². The predicted octanol–water partition coefficient (Wildman–Crippen LogP) is 5.74. The molecular weight excluding hydrogens is 278 g/mol. The van der Waals surface area contributed by atoms with E-state index in [0.29, 0.717) is 0 Å². The molecule has 1 nitrogen and oxygen atoms in total. The summed E-state index contributed by atoms with van der Waals surface area (Å²) in [7, 11) is 0. The summed E-state index contributed by atoms with van der Waals surface area (Å²) < 4.78 is 2.43. The quantitative estimate of drug-likeness (QED) is 0.422. The molecule has 0 N–H and O–H groups in total. The number of benzene rings is 3. The highest BCUT2D eigenvalue weighted by Crippen LogP contribution is 2.37. The highest BCUT2D eigenvalue weighted by molar-refractivity contribution is 6.09. The van der Waals surface area contributed by atoms with Crippen LogP contribution in [0.25, 0.3) is 33.4 Å². The van der Waals surface area contributed by atoms with Crippen LogP contribution in [0.3, 0.4) is 0 Å². The molecular formula is C22H17N. The molecule has 0 bridgehead atoms. The lowest BCUT2D eigenvalue weighted by atomic mass is 9.99. The molecule has 1 heterocycles. The van der Waals surface area contributed by atoms with Crippen molar-refractivity contribution in [3.63, 3.8) is 0 Å². The van der Waals surface area contributed by atoms with E-state index < -0.39 is 0 Å². The summed E-state index contributed by atoms with van der Waals surface area (Å²) in [6.45, 7) is 0. The molecule has 3 aromatic carbocycles. The molecule has 5 rings (SSSR count). The van der Waals surface area contributed by atoms with Crippen molar-refractivity contribution in [2.45, 2.75) is 12.8 Å². The smallest absolute Gasteiger partial charge is 0.0616 e. The zero-order valence-electron chi connectivity index (χ0n) is 12.9. The fourth-order valence-corrected chi connectivity index (χ4v) is 3.84. The van der Waals surface area contributed by atoms with E-state index in [4.69, 9.17) is 0 Å². The number of fused-ring (bicyclic) bond motifs is 5. The monoisotopic (exact) mass is 295 g/mol. The molecule has 0 spiro atoms. The Kier molecular flexibility index (Phi) is 2.68. The molecule has 0 aliphatic heterocycles. The van der Waals surface area contributed by atoms with Crippen molar-refractivity contribution >= 4 is 27.8 Å². The predicted molar refractivity (Wildman–Crippen MR) is 98.1 cm³/mol. The van der Waals surface area contributed by atoms with Gasteiger partial charge in [0.15, 0.2) is 0 Å². The minimum absolute atomic E-state index is 1.13. The van der Waals surface area contributed by atoms with Gasteiger partial charge in [0.25, 0.3) is 0 Å². The summed E-state index contributed by atoms with van der Waals surface area (Å²) in [5.41, 5.74) is 5.40. The average molecular weight is 295 g/mol. The molecule has 110 valence electrons. The SMILES string of the molecule is C1=Cc2c(c3ccc4ccccc4c3n2-c2ccccc2)CC1. The van der Waals surface area contributed by atoms with Crippen molar-refractivity contribution in [3.05, 3.63) is 84.1 Å². The Morgan fingerprint density at radius 2 is 1.57 bits per heavy atom. The number of nitrogens with zero attached hydrogens (tertiary/aromatic N) is 1. The van der Waals surface area contributed by atoms with Gasteiger partial charge in [0, 0.05) is 22.2 Å². The van der Waals surface area contributed by atoms with Crippen molar-refractivity contribution in [2.24, 2.45) is 0 Å². The van der Waals surface area contributed by atoms with Gasteiger partial charge in [-0.1, -0.05) is 60.7 Å². The van der Waals surface area contributed by atoms with E-state index >= 15 is 0 Å². The molecule has 0 unspecified atom stereocenters. The Balaban J connectivity index is 2.02. The number of allylic oxidation sites excluding steroid dienone is 1. The van der Waals surface area contributed by atoms with Crippen LogP contribution in [0.4, 0.5) is 0 Å². The number of para-hydroxylation sites is 1. The second-order valence-electron chi connectivity index (χ2n) is 6.16. The van der Waals surface area contributed by atoms with Gasteiger partial charge in [-0.3, -0.25) is 0 Å². The van der Waals surface area contributed by atoms with Crippen LogP contribution >= 0.6 is 0 Å². The van der Waals surface area contributed by atoms with Crippen LogP contribution in [0, 0.1) is 0 Å². The Hall–Kier alpha value is -2.80. The number of hydrogen-bond acceptors (Lipinski definition) is 0. The Morgan fingerprint density at radius 1 is 0.739 bits per heavy atom. The largest absolute Gasteiger partial charge is 0.309 e. The Labute approximate surface area is 135 Å². The highest BCUT2D eigenvalue weighted by Gasteiger charge is 2.19. The van der Waals surface area contributed by atoms with Crippen molar-refractivity contribution in [3.8, 4) is 5.69 Å². The first-order chi connectivity index (χ1) is 11.4. The Morgan fingerprint density at radius 3 is 2.48 bits per heavy atom. The Bertz CT molecular complexity index is 1050. The van der Waals surface area contributed by atoms with E-state index in [1.165, 1.54) is 38.6 Å². The third-order valence-electron chi connectivity index (χ3n) is 4.85. The van der Waals surface area contributed by atoms with Crippen LogP contribution in [-0.4, -0.2) is 4.57 Å². The van der Waals surface area contributed by atoms with Crippen LogP contribution < -0.4 is 0 Å². The van der Waals surface area contributed by atoms with E-state index in [1.807, 2.05) is 0 Å². The summed E-state index contributed by atoms with van der Waals surface area (Å²) in [5, 5.41) is 4.03. The number of aromatic nitrogens is 1. The molecule has 1 heteroatoms. The van der Waals surface area contributed by atoms with E-state index in [-0.39, 0.29) is 0 Å². The molecule has 0 fully saturated rings. The maximum Gasteiger partial charge on any atom is 0.0616 e. The molecule has 0 radical (unpaired) electrons. The maximum atomic E-state index is 2.43. The molecule has 23 heavy (non-hydrogen) atoms. The second kappa shape index (κ2) is 4.85. The summed E-state index contributed by atoms with van der Waals surface area (Å²) in [6, 6.07) is 24.0. The lowest BCUT2D eigenvalue weighted by molar-refractivity contribution is 0.968. The third kappa shape index (κ3) is 1.80. The first-order valence-electron chi connectivity index (χ1n) is 8.20. The zero-order valence-corrected chi connectivity index (χ0v) is 12.9. The van der Waals surface area contributed by atoms with Crippen molar-refractivity contribution in [1.29, 1.82) is 0 Å². The van der Waals surface area contributed by atoms with E-state index in [1.54, 1.807) is 0 Å². The average Bonchev–Trinajstić information content (AvgIpc) is 2.97. The number of hydrogen-bond donors (Lipinski definition) is 0. The van der Waals surface area contributed by atoms with Crippen molar-refractivity contribution in [2.75, 3.05) is 0 Å². The van der Waals surface area contributed by atoms with E-state index in [0.717, 1.165) is 12.8 Å². The molecule has 0 saturated carbocycles. The van der Waals surface area contributed by atoms with Gasteiger partial charge in [0.05, 0.1) is 5.52 Å². The van der Waals surface area contributed by atoms with Crippen LogP contribution in [0.1, 0.15) is 17.7 Å². The van der Waals surface area contributed by atoms with Crippen molar-refractivity contribution < 1.29 is 0 Å². The first kappa shape index (κ1) is 12.7. The minimum Gasteiger partial charge on any atom is -0.309 e. The van der Waals surface area contributed by atoms with Gasteiger partial charge in [-0.25, -0.2) is 0 Å². The fraction of sp³-hybridized carbons (Fsp3) is 0.0909. The summed E-state index contributed by atoms with van der Waals surface area (Å²) >= 11 is 0. The van der Waals surface area contributed by atoms with Gasteiger partial charge in [-0.2, -0.15) is 0 Å². The molecule has 0 atom stereocenters. The molecule has 4 aromatic rings. The van der Waals surface area contributed by atoms with E-state index in [9.17, 15) is 0 Å². The highest BCUT2D eigenvalue weighted by atomic mass is 15.0. The lowest BCUT2D eigenvalue weighted by Crippen LogP contribution is -2.00. The molecule has 0 amide bonds. The van der Waals surface area contributed by atoms with Crippen LogP contribution in [0.2, 0.25) is 0 Å². The lowest BCUT2D eigenvalue weighted by Gasteiger charge is -2.12. The first-order valence-corrected chi connectivity index (χ1v) is 8.20. The van der Waals surface area contributed by atoms with Gasteiger partial charge < -0.3 is 4.57 Å². The molecule has 1 aliphatic rings. The normalized spacial score (nSPS) is 13.6. The summed E-state index contributed by atoms with van der Waals surface area (Å²) in [4.78, 5) is 0. The van der Waals surface area contributed by atoms with Gasteiger partial charge in [0.2, 0.25) is 0 Å². The van der Waals surface area contributed by atoms with Gasteiger partial charge in [0.1, 0.15) is 0 Å². The molecule has 1 aromatic heterocycles. The summed E-state index contributed by atoms with van der Waals surface area (Å²) in [5.74, 6) is 0. The zero-order chi connectivity index (χ0) is 15.2. The third-order valence-corrected chi connectivity index (χ3v) is 4.85. The van der Waals surface area contributed by atoms with Gasteiger partial charge in [-0.15, -0.1) is 0 Å². The number of aryl methyl sites for hydroxylation is 1. The van der Waals surface area contributed by atoms with Crippen LogP contribution in [0.15, 0.2) is 72.8 Å². The standard InChI is InChI=1S/C22H17N/c1-2-9-17(10-3-1)23-21-13-7-6-12-19(21)20-15-14-16-8-4-5-11-18(16)22(20)23/h1-5,7-11,13-15H,6,12H2. The molecule has 1 aliphatic carbocycles. The number of rotatable bonds is 1. The van der Waals surface area contributed by atoms with E-state index in [2.05, 4.69) is 83.4 Å². The topological polar surface area (TPSA) is 4.93 Å². The fourth-order valence-electron chi connectivity index (χ4n) is 3.84. The molecule has 0 saturated heterocycles. The van der Waals surface area contributed by atoms with Gasteiger partial charge >= 0.3 is 0 Å².